The third-order valence-corrected chi connectivity index (χ3v) is 5.41. The molecule has 1 unspecified atom stereocenters. The van der Waals surface area contributed by atoms with E-state index in [0.29, 0.717) is 12.3 Å². The molecule has 0 aliphatic carbocycles. The van der Waals surface area contributed by atoms with Gasteiger partial charge < -0.3 is 5.32 Å². The monoisotopic (exact) mass is 304 g/mol. The van der Waals surface area contributed by atoms with E-state index in [9.17, 15) is 8.42 Å². The van der Waals surface area contributed by atoms with Gasteiger partial charge in [0.05, 0.1) is 22.9 Å². The largest absolute Gasteiger partial charge is 0.382 e. The predicted molar refractivity (Wildman–Crippen MR) is 67.2 cm³/mol. The first-order valence-electron chi connectivity index (χ1n) is 5.14. The Hall–Kier alpha value is -0.620. The fraction of sp³-hybridized carbons (Fsp3) is 0.500. The third kappa shape index (κ3) is 2.74. The molecule has 0 radical (unpaired) electrons. The number of pyridine rings is 1. The molecule has 1 aromatic heterocycles. The SMILES string of the molecule is O=S1(=O)CCCC1CNc1cncc(Br)c1. The van der Waals surface area contributed by atoms with Crippen LogP contribution < -0.4 is 5.32 Å². The van der Waals surface area contributed by atoms with Crippen molar-refractivity contribution in [1.82, 2.24) is 4.98 Å². The summed E-state index contributed by atoms with van der Waals surface area (Å²) in [5, 5.41) is 2.87. The summed E-state index contributed by atoms with van der Waals surface area (Å²) in [5.74, 6) is 0.329. The Labute approximate surface area is 104 Å². The highest BCUT2D eigenvalue weighted by Crippen LogP contribution is 2.21. The predicted octanol–water partition coefficient (Wildman–Crippen LogP) is 1.83. The summed E-state index contributed by atoms with van der Waals surface area (Å²) in [6.45, 7) is 0.473. The number of aromatic nitrogens is 1. The second-order valence-electron chi connectivity index (χ2n) is 3.90. The minimum atomic E-state index is -2.86. The van der Waals surface area contributed by atoms with E-state index >= 15 is 0 Å². The van der Waals surface area contributed by atoms with Crippen LogP contribution in [0.25, 0.3) is 0 Å². The first-order valence-corrected chi connectivity index (χ1v) is 7.65. The molecule has 0 bridgehead atoms. The molecule has 16 heavy (non-hydrogen) atoms. The highest BCUT2D eigenvalue weighted by molar-refractivity contribution is 9.10. The Morgan fingerprint density at radius 2 is 2.31 bits per heavy atom. The van der Waals surface area contributed by atoms with Crippen molar-refractivity contribution >= 4 is 31.5 Å². The highest BCUT2D eigenvalue weighted by Gasteiger charge is 2.30. The number of sulfone groups is 1. The van der Waals surface area contributed by atoms with Gasteiger partial charge in [0.15, 0.2) is 9.84 Å². The van der Waals surface area contributed by atoms with Gasteiger partial charge in [0.25, 0.3) is 0 Å². The number of hydrogen-bond donors (Lipinski definition) is 1. The molecule has 0 spiro atoms. The highest BCUT2D eigenvalue weighted by atomic mass is 79.9. The van der Waals surface area contributed by atoms with Crippen molar-refractivity contribution in [1.29, 1.82) is 0 Å². The summed E-state index contributed by atoms with van der Waals surface area (Å²) in [6.07, 6.45) is 4.92. The van der Waals surface area contributed by atoms with E-state index in [-0.39, 0.29) is 5.25 Å². The van der Waals surface area contributed by atoms with Gasteiger partial charge in [-0.1, -0.05) is 0 Å². The van der Waals surface area contributed by atoms with Gasteiger partial charge >= 0.3 is 0 Å². The number of rotatable bonds is 3. The van der Waals surface area contributed by atoms with Crippen molar-refractivity contribution in [2.24, 2.45) is 0 Å². The van der Waals surface area contributed by atoms with Crippen LogP contribution in [0.1, 0.15) is 12.8 Å². The topological polar surface area (TPSA) is 59.1 Å². The van der Waals surface area contributed by atoms with Gasteiger partial charge in [-0.3, -0.25) is 4.98 Å². The van der Waals surface area contributed by atoms with Crippen LogP contribution in [0.4, 0.5) is 5.69 Å². The van der Waals surface area contributed by atoms with Crippen LogP contribution >= 0.6 is 15.9 Å². The first kappa shape index (κ1) is 11.9. The molecule has 0 amide bonds. The minimum absolute atomic E-state index is 0.244. The third-order valence-electron chi connectivity index (χ3n) is 2.70. The fourth-order valence-corrected chi connectivity index (χ4v) is 3.96. The average Bonchev–Trinajstić information content (AvgIpc) is 2.55. The lowest BCUT2D eigenvalue weighted by molar-refractivity contribution is 0.591. The number of nitrogens with one attached hydrogen (secondary N) is 1. The van der Waals surface area contributed by atoms with Gasteiger partial charge in [0.2, 0.25) is 0 Å². The quantitative estimate of drug-likeness (QED) is 0.925. The van der Waals surface area contributed by atoms with Crippen LogP contribution in [-0.4, -0.2) is 30.9 Å². The first-order chi connectivity index (χ1) is 7.58. The van der Waals surface area contributed by atoms with Crippen molar-refractivity contribution in [3.05, 3.63) is 22.9 Å². The smallest absolute Gasteiger partial charge is 0.154 e. The molecule has 4 nitrogen and oxygen atoms in total. The summed E-state index contributed by atoms with van der Waals surface area (Å²) in [4.78, 5) is 4.01. The van der Waals surface area contributed by atoms with Crippen molar-refractivity contribution in [2.75, 3.05) is 17.6 Å². The van der Waals surface area contributed by atoms with Crippen LogP contribution in [-0.2, 0) is 9.84 Å². The molecule has 1 aliphatic heterocycles. The molecule has 1 aromatic rings. The van der Waals surface area contributed by atoms with E-state index in [1.165, 1.54) is 0 Å². The average molecular weight is 305 g/mol. The van der Waals surface area contributed by atoms with Crippen LogP contribution in [0.5, 0.6) is 0 Å². The van der Waals surface area contributed by atoms with Gasteiger partial charge in [0, 0.05) is 17.2 Å². The molecule has 2 rings (SSSR count). The maximum atomic E-state index is 11.6. The molecular weight excluding hydrogens is 292 g/mol. The van der Waals surface area contributed by atoms with Crippen molar-refractivity contribution in [2.45, 2.75) is 18.1 Å². The molecule has 6 heteroatoms. The zero-order chi connectivity index (χ0) is 11.6. The zero-order valence-electron chi connectivity index (χ0n) is 8.69. The van der Waals surface area contributed by atoms with Gasteiger partial charge in [-0.05, 0) is 34.8 Å². The van der Waals surface area contributed by atoms with Gasteiger partial charge in [-0.25, -0.2) is 8.42 Å². The number of anilines is 1. The summed E-state index contributed by atoms with van der Waals surface area (Å²) in [6, 6.07) is 1.88. The molecular formula is C10H13BrN2O2S. The zero-order valence-corrected chi connectivity index (χ0v) is 11.1. The number of nitrogens with zero attached hydrogens (tertiary/aromatic N) is 1. The summed E-state index contributed by atoms with van der Waals surface area (Å²) >= 11 is 3.32. The standard InChI is InChI=1S/C10H13BrN2O2S/c11-8-4-9(6-12-5-8)13-7-10-2-1-3-16(10,14)15/h4-6,10,13H,1-3,7H2. The molecule has 1 atom stereocenters. The van der Waals surface area contributed by atoms with Crippen LogP contribution in [0, 0.1) is 0 Å². The van der Waals surface area contributed by atoms with E-state index in [1.54, 1.807) is 12.4 Å². The van der Waals surface area contributed by atoms with Crippen molar-refractivity contribution in [3.8, 4) is 0 Å². The second-order valence-corrected chi connectivity index (χ2v) is 7.22. The molecule has 0 aromatic carbocycles. The van der Waals surface area contributed by atoms with Gasteiger partial charge in [0.1, 0.15) is 0 Å². The molecule has 1 N–H and O–H groups in total. The fourth-order valence-electron chi connectivity index (χ4n) is 1.83. The summed E-state index contributed by atoms with van der Waals surface area (Å²) in [5.41, 5.74) is 0.844. The Bertz CT molecular complexity index is 475. The van der Waals surface area contributed by atoms with E-state index in [1.807, 2.05) is 6.07 Å². The normalized spacial score (nSPS) is 23.2. The lowest BCUT2D eigenvalue weighted by Gasteiger charge is -2.11. The molecule has 0 saturated carbocycles. The lowest BCUT2D eigenvalue weighted by Crippen LogP contribution is -2.25. The van der Waals surface area contributed by atoms with Crippen molar-refractivity contribution < 1.29 is 8.42 Å². The number of hydrogen-bond acceptors (Lipinski definition) is 4. The van der Waals surface area contributed by atoms with Crippen LogP contribution in [0.15, 0.2) is 22.9 Å². The minimum Gasteiger partial charge on any atom is -0.382 e. The van der Waals surface area contributed by atoms with Gasteiger partial charge in [-0.2, -0.15) is 0 Å². The summed E-state index contributed by atoms with van der Waals surface area (Å²) in [7, 11) is -2.86. The number of halogens is 1. The Kier molecular flexibility index (Phi) is 3.49. The van der Waals surface area contributed by atoms with E-state index in [4.69, 9.17) is 0 Å². The Morgan fingerprint density at radius 3 is 2.94 bits per heavy atom. The van der Waals surface area contributed by atoms with E-state index in [0.717, 1.165) is 23.0 Å². The van der Waals surface area contributed by atoms with Gasteiger partial charge in [-0.15, -0.1) is 0 Å². The molecule has 1 saturated heterocycles. The maximum absolute atomic E-state index is 11.6. The van der Waals surface area contributed by atoms with E-state index < -0.39 is 9.84 Å². The maximum Gasteiger partial charge on any atom is 0.154 e. The Morgan fingerprint density at radius 1 is 1.50 bits per heavy atom. The summed E-state index contributed by atoms with van der Waals surface area (Å²) < 4.78 is 24.1. The van der Waals surface area contributed by atoms with Crippen LogP contribution in [0.3, 0.4) is 0 Å². The second kappa shape index (κ2) is 4.71. The molecule has 1 aliphatic rings. The van der Waals surface area contributed by atoms with Crippen molar-refractivity contribution in [3.63, 3.8) is 0 Å². The molecule has 88 valence electrons. The molecule has 2 heterocycles. The molecule has 1 fully saturated rings. The van der Waals surface area contributed by atoms with E-state index in [2.05, 4.69) is 26.2 Å². The van der Waals surface area contributed by atoms with Crippen LogP contribution in [0.2, 0.25) is 0 Å². The lowest BCUT2D eigenvalue weighted by atomic mass is 10.2. The Balaban J connectivity index is 1.98.